The zero-order valence-corrected chi connectivity index (χ0v) is 7.41. The Hall–Kier alpha value is -1.82. The molecule has 0 unspecified atom stereocenters. The molecule has 0 saturated heterocycles. The molecule has 0 fully saturated rings. The number of carbonyl (C=O) groups is 2. The van der Waals surface area contributed by atoms with E-state index in [9.17, 15) is 9.59 Å². The second kappa shape index (κ2) is 5.03. The van der Waals surface area contributed by atoms with E-state index in [-0.39, 0.29) is 0 Å². The highest BCUT2D eigenvalue weighted by Gasteiger charge is 2.11. The Morgan fingerprint density at radius 2 is 2.07 bits per heavy atom. The molecule has 0 spiro atoms. The van der Waals surface area contributed by atoms with E-state index < -0.39 is 11.8 Å². The van der Waals surface area contributed by atoms with Crippen LogP contribution in [0.1, 0.15) is 12.8 Å². The van der Waals surface area contributed by atoms with Gasteiger partial charge >= 0.3 is 11.8 Å². The minimum absolute atomic E-state index is 0.718. The van der Waals surface area contributed by atoms with Gasteiger partial charge in [-0.05, 0) is 18.9 Å². The molecule has 0 radical (unpaired) electrons. The Morgan fingerprint density at radius 3 is 2.64 bits per heavy atom. The van der Waals surface area contributed by atoms with Crippen LogP contribution in [0.25, 0.3) is 0 Å². The number of hydrazine groups is 1. The van der Waals surface area contributed by atoms with Crippen molar-refractivity contribution in [1.29, 1.82) is 0 Å². The molecule has 0 heterocycles. The first-order valence-corrected chi connectivity index (χ1v) is 4.11. The third kappa shape index (κ3) is 2.91. The molecule has 0 aromatic carbocycles. The molecule has 0 aromatic rings. The number of amides is 2. The number of allylic oxidation sites excluding steroid dienone is 3. The van der Waals surface area contributed by atoms with Gasteiger partial charge in [-0.3, -0.25) is 25.6 Å². The topological polar surface area (TPSA) is 90.5 Å². The van der Waals surface area contributed by atoms with Crippen LogP contribution in [0.15, 0.2) is 23.9 Å². The third-order valence-electron chi connectivity index (χ3n) is 1.62. The van der Waals surface area contributed by atoms with Crippen molar-refractivity contribution in [2.45, 2.75) is 12.8 Å². The number of hydroxylamine groups is 1. The van der Waals surface area contributed by atoms with Crippen molar-refractivity contribution in [2.75, 3.05) is 0 Å². The maximum atomic E-state index is 10.8. The molecule has 1 aliphatic rings. The predicted molar refractivity (Wildman–Crippen MR) is 47.7 cm³/mol. The van der Waals surface area contributed by atoms with Crippen LogP contribution < -0.4 is 16.3 Å². The lowest BCUT2D eigenvalue weighted by atomic mass is 10.1. The molecule has 6 nitrogen and oxygen atoms in total. The Bertz CT molecular complexity index is 296. The van der Waals surface area contributed by atoms with E-state index in [1.807, 2.05) is 12.2 Å². The third-order valence-corrected chi connectivity index (χ3v) is 1.62. The maximum Gasteiger partial charge on any atom is 0.334 e. The number of hydrogen-bond donors (Lipinski definition) is 4. The van der Waals surface area contributed by atoms with Crippen molar-refractivity contribution in [2.24, 2.45) is 0 Å². The summed E-state index contributed by atoms with van der Waals surface area (Å²) in [4.78, 5) is 21.4. The highest BCUT2D eigenvalue weighted by Crippen LogP contribution is 2.05. The molecule has 0 saturated carbocycles. The zero-order chi connectivity index (χ0) is 10.4. The van der Waals surface area contributed by atoms with E-state index in [0.717, 1.165) is 18.5 Å². The lowest BCUT2D eigenvalue weighted by molar-refractivity contribution is -0.144. The van der Waals surface area contributed by atoms with E-state index in [2.05, 4.69) is 10.9 Å². The van der Waals surface area contributed by atoms with Crippen LogP contribution in [0.2, 0.25) is 0 Å². The van der Waals surface area contributed by atoms with Crippen molar-refractivity contribution < 1.29 is 14.8 Å². The second-order valence-corrected chi connectivity index (χ2v) is 2.66. The number of hydrogen-bond acceptors (Lipinski definition) is 4. The molecule has 76 valence electrons. The average molecular weight is 197 g/mol. The van der Waals surface area contributed by atoms with Crippen molar-refractivity contribution >= 4 is 11.8 Å². The summed E-state index contributed by atoms with van der Waals surface area (Å²) in [5, 5.41) is 8.13. The Labute approximate surface area is 80.6 Å². The van der Waals surface area contributed by atoms with E-state index in [1.165, 1.54) is 5.48 Å². The van der Waals surface area contributed by atoms with Gasteiger partial charge in [-0.15, -0.1) is 0 Å². The molecular formula is C8H11N3O3. The molecule has 6 heteroatoms. The summed E-state index contributed by atoms with van der Waals surface area (Å²) in [6.07, 6.45) is 7.48. The minimum Gasteiger partial charge on any atom is -0.299 e. The van der Waals surface area contributed by atoms with Crippen molar-refractivity contribution in [1.82, 2.24) is 16.3 Å². The van der Waals surface area contributed by atoms with Crippen molar-refractivity contribution in [3.8, 4) is 0 Å². The minimum atomic E-state index is -1.11. The van der Waals surface area contributed by atoms with Gasteiger partial charge < -0.3 is 0 Å². The first-order chi connectivity index (χ1) is 6.74. The molecule has 0 atom stereocenters. The van der Waals surface area contributed by atoms with Crippen LogP contribution in [0, 0.1) is 0 Å². The van der Waals surface area contributed by atoms with Crippen molar-refractivity contribution in [3.05, 3.63) is 23.9 Å². The van der Waals surface area contributed by atoms with Crippen LogP contribution in [0.3, 0.4) is 0 Å². The predicted octanol–water partition coefficient (Wildman–Crippen LogP) is -0.654. The second-order valence-electron chi connectivity index (χ2n) is 2.66. The lowest BCUT2D eigenvalue weighted by Crippen LogP contribution is -2.45. The van der Waals surface area contributed by atoms with E-state index in [0.29, 0.717) is 0 Å². The van der Waals surface area contributed by atoms with Gasteiger partial charge in [-0.2, -0.15) is 0 Å². The SMILES string of the molecule is O=C(NO)C(=O)NNC1=CCCC=C1. The van der Waals surface area contributed by atoms with E-state index >= 15 is 0 Å². The molecule has 1 rings (SSSR count). The quantitative estimate of drug-likeness (QED) is 0.269. The van der Waals surface area contributed by atoms with E-state index in [4.69, 9.17) is 5.21 Å². The number of nitrogens with one attached hydrogen (secondary N) is 3. The van der Waals surface area contributed by atoms with Crippen LogP contribution in [-0.2, 0) is 9.59 Å². The Kier molecular flexibility index (Phi) is 3.69. The Morgan fingerprint density at radius 1 is 1.29 bits per heavy atom. The van der Waals surface area contributed by atoms with Gasteiger partial charge in [0.05, 0.1) is 0 Å². The summed E-state index contributed by atoms with van der Waals surface area (Å²) >= 11 is 0. The monoisotopic (exact) mass is 197 g/mol. The van der Waals surface area contributed by atoms with Gasteiger partial charge in [0.25, 0.3) is 0 Å². The largest absolute Gasteiger partial charge is 0.334 e. The summed E-state index contributed by atoms with van der Waals surface area (Å²) in [6, 6.07) is 0. The summed E-state index contributed by atoms with van der Waals surface area (Å²) in [5.74, 6) is -2.06. The van der Waals surface area contributed by atoms with Crippen molar-refractivity contribution in [3.63, 3.8) is 0 Å². The summed E-state index contributed by atoms with van der Waals surface area (Å²) in [5.41, 5.74) is 6.60. The fraction of sp³-hybridized carbons (Fsp3) is 0.250. The van der Waals surface area contributed by atoms with Gasteiger partial charge in [-0.25, -0.2) is 5.48 Å². The summed E-state index contributed by atoms with van der Waals surface area (Å²) < 4.78 is 0. The maximum absolute atomic E-state index is 10.8. The van der Waals surface area contributed by atoms with Crippen LogP contribution in [0.4, 0.5) is 0 Å². The van der Waals surface area contributed by atoms with Crippen LogP contribution in [-0.4, -0.2) is 17.0 Å². The van der Waals surface area contributed by atoms with Gasteiger partial charge in [0.15, 0.2) is 0 Å². The highest BCUT2D eigenvalue weighted by molar-refractivity contribution is 6.34. The van der Waals surface area contributed by atoms with Gasteiger partial charge in [0, 0.05) is 5.70 Å². The number of rotatable bonds is 2. The first kappa shape index (κ1) is 10.3. The average Bonchev–Trinajstić information content (AvgIpc) is 2.26. The molecule has 2 amide bonds. The summed E-state index contributed by atoms with van der Waals surface area (Å²) in [6.45, 7) is 0. The fourth-order valence-corrected chi connectivity index (χ4v) is 0.943. The zero-order valence-electron chi connectivity index (χ0n) is 7.41. The molecule has 1 aliphatic carbocycles. The smallest absolute Gasteiger partial charge is 0.299 e. The first-order valence-electron chi connectivity index (χ1n) is 4.11. The number of carbonyl (C=O) groups excluding carboxylic acids is 2. The highest BCUT2D eigenvalue weighted by atomic mass is 16.5. The Balaban J connectivity index is 2.33. The molecule has 0 aromatic heterocycles. The van der Waals surface area contributed by atoms with Crippen LogP contribution >= 0.6 is 0 Å². The molecular weight excluding hydrogens is 186 g/mol. The van der Waals surface area contributed by atoms with Gasteiger partial charge in [0.1, 0.15) is 0 Å². The van der Waals surface area contributed by atoms with E-state index in [1.54, 1.807) is 6.08 Å². The standard InChI is InChI=1S/C8H11N3O3/c12-7(8(13)11-14)10-9-6-4-2-1-3-5-6/h2,4-5,9,14H,1,3H2,(H,10,12)(H,11,13). The lowest BCUT2D eigenvalue weighted by Gasteiger charge is -2.10. The molecule has 4 N–H and O–H groups in total. The molecule has 14 heavy (non-hydrogen) atoms. The van der Waals surface area contributed by atoms with Crippen LogP contribution in [0.5, 0.6) is 0 Å². The van der Waals surface area contributed by atoms with Gasteiger partial charge in [0.2, 0.25) is 0 Å². The summed E-state index contributed by atoms with van der Waals surface area (Å²) in [7, 11) is 0. The van der Waals surface area contributed by atoms with Gasteiger partial charge in [-0.1, -0.05) is 12.2 Å². The molecule has 0 bridgehead atoms. The normalized spacial score (nSPS) is 14.2. The fourth-order valence-electron chi connectivity index (χ4n) is 0.943. The molecule has 0 aliphatic heterocycles.